The van der Waals surface area contributed by atoms with Crippen molar-refractivity contribution in [1.29, 1.82) is 0 Å². The molecule has 3 atom stereocenters. The Morgan fingerprint density at radius 2 is 2.06 bits per heavy atom. The molecule has 0 aromatic rings. The molecule has 0 aromatic carbocycles. The normalized spacial score (nSPS) is 32.6. The van der Waals surface area contributed by atoms with Gasteiger partial charge < -0.3 is 15.2 Å². The molecule has 0 bridgehead atoms. The lowest BCUT2D eigenvalue weighted by molar-refractivity contribution is -0.133. The second kappa shape index (κ2) is 5.68. The van der Waals surface area contributed by atoms with Gasteiger partial charge in [0.15, 0.2) is 0 Å². The highest BCUT2D eigenvalue weighted by Gasteiger charge is 2.56. The maximum absolute atomic E-state index is 9.30. The summed E-state index contributed by atoms with van der Waals surface area (Å²) >= 11 is 0. The fourth-order valence-electron chi connectivity index (χ4n) is 3.70. The Morgan fingerprint density at radius 1 is 1.35 bits per heavy atom. The molecular weight excluding hydrogens is 214 g/mol. The van der Waals surface area contributed by atoms with Crippen LogP contribution >= 0.6 is 0 Å². The number of hydrogen-bond donors (Lipinski definition) is 2. The van der Waals surface area contributed by atoms with Crippen molar-refractivity contribution in [2.75, 3.05) is 13.2 Å². The molecule has 2 aliphatic rings. The quantitative estimate of drug-likeness (QED) is 0.748. The van der Waals surface area contributed by atoms with Gasteiger partial charge in [-0.3, -0.25) is 0 Å². The summed E-state index contributed by atoms with van der Waals surface area (Å²) in [6, 6.07) is 0.832. The third kappa shape index (κ3) is 2.38. The van der Waals surface area contributed by atoms with Crippen LogP contribution in [0.1, 0.15) is 52.4 Å². The average molecular weight is 241 g/mol. The second-order valence-electron chi connectivity index (χ2n) is 5.63. The molecule has 1 spiro atoms. The molecule has 0 heterocycles. The van der Waals surface area contributed by atoms with Crippen LogP contribution in [0.2, 0.25) is 0 Å². The number of aliphatic hydroxyl groups excluding tert-OH is 1. The van der Waals surface area contributed by atoms with Gasteiger partial charge in [-0.15, -0.1) is 0 Å². The topological polar surface area (TPSA) is 41.5 Å². The zero-order valence-electron chi connectivity index (χ0n) is 11.2. The Balaban J connectivity index is 1.95. The van der Waals surface area contributed by atoms with E-state index < -0.39 is 0 Å². The first kappa shape index (κ1) is 13.3. The van der Waals surface area contributed by atoms with Crippen LogP contribution in [0.15, 0.2) is 0 Å². The van der Waals surface area contributed by atoms with Gasteiger partial charge in [-0.25, -0.2) is 0 Å². The average Bonchev–Trinajstić information content (AvgIpc) is 2.85. The lowest BCUT2D eigenvalue weighted by Gasteiger charge is -2.55. The van der Waals surface area contributed by atoms with E-state index in [1.54, 1.807) is 0 Å². The third-order valence-corrected chi connectivity index (χ3v) is 4.84. The maximum Gasteiger partial charge on any atom is 0.0661 e. The zero-order valence-corrected chi connectivity index (χ0v) is 11.2. The lowest BCUT2D eigenvalue weighted by Crippen LogP contribution is -2.64. The molecule has 2 unspecified atom stereocenters. The van der Waals surface area contributed by atoms with E-state index in [4.69, 9.17) is 4.74 Å². The van der Waals surface area contributed by atoms with Crippen LogP contribution in [0.4, 0.5) is 0 Å². The Hall–Kier alpha value is -0.120. The Bertz CT molecular complexity index is 234. The fourth-order valence-corrected chi connectivity index (χ4v) is 3.70. The van der Waals surface area contributed by atoms with Gasteiger partial charge in [0.05, 0.1) is 12.7 Å². The first-order valence-corrected chi connectivity index (χ1v) is 7.25. The predicted octanol–water partition coefficient (Wildman–Crippen LogP) is 2.08. The van der Waals surface area contributed by atoms with E-state index in [9.17, 15) is 5.11 Å². The molecule has 2 saturated carbocycles. The maximum atomic E-state index is 9.30. The molecular formula is C14H27NO2. The van der Waals surface area contributed by atoms with E-state index in [1.807, 2.05) is 0 Å². The van der Waals surface area contributed by atoms with Gasteiger partial charge in [0.2, 0.25) is 0 Å². The monoisotopic (exact) mass is 241 g/mol. The Morgan fingerprint density at radius 3 is 2.59 bits per heavy atom. The molecule has 0 radical (unpaired) electrons. The summed E-state index contributed by atoms with van der Waals surface area (Å²) in [5, 5.41) is 12.9. The van der Waals surface area contributed by atoms with Crippen molar-refractivity contribution in [2.45, 2.75) is 70.6 Å². The second-order valence-corrected chi connectivity index (χ2v) is 5.63. The summed E-state index contributed by atoms with van der Waals surface area (Å²) in [5.74, 6) is 0. The van der Waals surface area contributed by atoms with Crippen molar-refractivity contribution in [3.05, 3.63) is 0 Å². The van der Waals surface area contributed by atoms with Gasteiger partial charge in [0, 0.05) is 24.1 Å². The van der Waals surface area contributed by atoms with Gasteiger partial charge in [0.1, 0.15) is 0 Å². The van der Waals surface area contributed by atoms with E-state index in [2.05, 4.69) is 19.2 Å². The van der Waals surface area contributed by atoms with Gasteiger partial charge in [-0.2, -0.15) is 0 Å². The van der Waals surface area contributed by atoms with Crippen LogP contribution in [0.5, 0.6) is 0 Å². The van der Waals surface area contributed by atoms with Crippen molar-refractivity contribution >= 4 is 0 Å². The molecule has 2 fully saturated rings. The SMILES string of the molecule is CCOC1CC(N[C@@H](CC)CO)C12CCCC2. The fraction of sp³-hybridized carbons (Fsp3) is 1.00. The molecule has 2 N–H and O–H groups in total. The van der Waals surface area contributed by atoms with Crippen LogP contribution in [-0.2, 0) is 4.74 Å². The molecule has 3 heteroatoms. The van der Waals surface area contributed by atoms with Crippen LogP contribution in [0.25, 0.3) is 0 Å². The summed E-state index contributed by atoms with van der Waals surface area (Å²) in [6.07, 6.45) is 7.89. The first-order valence-electron chi connectivity index (χ1n) is 7.25. The number of aliphatic hydroxyl groups is 1. The van der Waals surface area contributed by atoms with Gasteiger partial charge in [0.25, 0.3) is 0 Å². The molecule has 0 amide bonds. The largest absolute Gasteiger partial charge is 0.395 e. The summed E-state index contributed by atoms with van der Waals surface area (Å²) in [7, 11) is 0. The molecule has 100 valence electrons. The summed E-state index contributed by atoms with van der Waals surface area (Å²) in [4.78, 5) is 0. The molecule has 0 aromatic heterocycles. The molecule has 3 nitrogen and oxygen atoms in total. The van der Waals surface area contributed by atoms with E-state index in [1.165, 1.54) is 25.7 Å². The van der Waals surface area contributed by atoms with Crippen molar-refractivity contribution in [1.82, 2.24) is 5.32 Å². The zero-order chi connectivity index (χ0) is 12.3. The van der Waals surface area contributed by atoms with E-state index in [-0.39, 0.29) is 12.6 Å². The van der Waals surface area contributed by atoms with Crippen LogP contribution < -0.4 is 5.32 Å². The Labute approximate surface area is 105 Å². The third-order valence-electron chi connectivity index (χ3n) is 4.84. The molecule has 17 heavy (non-hydrogen) atoms. The number of nitrogens with one attached hydrogen (secondary N) is 1. The summed E-state index contributed by atoms with van der Waals surface area (Å²) < 4.78 is 5.89. The Kier molecular flexibility index (Phi) is 4.45. The minimum absolute atomic E-state index is 0.252. The smallest absolute Gasteiger partial charge is 0.0661 e. The van der Waals surface area contributed by atoms with Crippen LogP contribution in [-0.4, -0.2) is 36.5 Å². The lowest BCUT2D eigenvalue weighted by atomic mass is 9.60. The first-order chi connectivity index (χ1) is 8.26. The summed E-state index contributed by atoms with van der Waals surface area (Å²) in [5.41, 5.74) is 0.387. The van der Waals surface area contributed by atoms with Crippen molar-refractivity contribution < 1.29 is 9.84 Å². The van der Waals surface area contributed by atoms with Crippen molar-refractivity contribution in [2.24, 2.45) is 5.41 Å². The molecule has 0 aliphatic heterocycles. The minimum Gasteiger partial charge on any atom is -0.395 e. The van der Waals surface area contributed by atoms with Crippen LogP contribution in [0.3, 0.4) is 0 Å². The summed E-state index contributed by atoms with van der Waals surface area (Å²) in [6.45, 7) is 5.30. The van der Waals surface area contributed by atoms with Crippen molar-refractivity contribution in [3.63, 3.8) is 0 Å². The molecule has 2 aliphatic carbocycles. The number of ether oxygens (including phenoxy) is 1. The van der Waals surface area contributed by atoms with E-state index >= 15 is 0 Å². The van der Waals surface area contributed by atoms with Gasteiger partial charge in [-0.1, -0.05) is 19.8 Å². The van der Waals surface area contributed by atoms with Gasteiger partial charge in [-0.05, 0) is 32.6 Å². The number of rotatable bonds is 6. The molecule has 0 saturated heterocycles. The number of hydrogen-bond acceptors (Lipinski definition) is 3. The highest BCUT2D eigenvalue weighted by molar-refractivity contribution is 5.10. The highest BCUT2D eigenvalue weighted by Crippen LogP contribution is 2.54. The molecule has 2 rings (SSSR count). The predicted molar refractivity (Wildman–Crippen MR) is 69.0 cm³/mol. The standard InChI is InChI=1S/C14H27NO2/c1-3-11(10-16)15-12-9-13(17-4-2)14(12)7-5-6-8-14/h11-13,15-16H,3-10H2,1-2H3/t11-,12?,13?/m0/s1. The van der Waals surface area contributed by atoms with Crippen molar-refractivity contribution in [3.8, 4) is 0 Å². The van der Waals surface area contributed by atoms with E-state index in [0.29, 0.717) is 17.6 Å². The van der Waals surface area contributed by atoms with Crippen LogP contribution in [0, 0.1) is 5.41 Å². The van der Waals surface area contributed by atoms with Gasteiger partial charge >= 0.3 is 0 Å². The minimum atomic E-state index is 0.252. The highest BCUT2D eigenvalue weighted by atomic mass is 16.5. The van der Waals surface area contributed by atoms with E-state index in [0.717, 1.165) is 19.4 Å².